The molecule has 0 radical (unpaired) electrons. The van der Waals surface area contributed by atoms with Crippen LogP contribution in [-0.4, -0.2) is 95.1 Å². The number of carbonyl (C=O) groups is 4. The predicted molar refractivity (Wildman–Crippen MR) is 160 cm³/mol. The molecule has 2 N–H and O–H groups in total. The van der Waals surface area contributed by atoms with Crippen LogP contribution in [0.3, 0.4) is 0 Å². The quantitative estimate of drug-likeness (QED) is 0.472. The van der Waals surface area contributed by atoms with E-state index in [1.54, 1.807) is 46.4 Å². The van der Waals surface area contributed by atoms with E-state index in [0.717, 1.165) is 5.69 Å². The first-order valence-electron chi connectivity index (χ1n) is 14.1. The van der Waals surface area contributed by atoms with Crippen LogP contribution in [0.15, 0.2) is 30.5 Å². The van der Waals surface area contributed by atoms with Crippen LogP contribution < -0.4 is 19.6 Å². The Labute approximate surface area is 254 Å². The highest BCUT2D eigenvalue weighted by Gasteiger charge is 2.37. The third-order valence-corrected chi connectivity index (χ3v) is 6.65. The van der Waals surface area contributed by atoms with Gasteiger partial charge >= 0.3 is 24.4 Å². The summed E-state index contributed by atoms with van der Waals surface area (Å²) in [6.45, 7) is 12.6. The number of rotatable bonds is 5. The second-order valence-corrected chi connectivity index (χ2v) is 12.4. The summed E-state index contributed by atoms with van der Waals surface area (Å²) in [6, 6.07) is 8.24. The summed E-state index contributed by atoms with van der Waals surface area (Å²) in [5.41, 5.74) is 0.260. The van der Waals surface area contributed by atoms with Gasteiger partial charge in [0.05, 0.1) is 19.4 Å². The highest BCUT2D eigenvalue weighted by Crippen LogP contribution is 2.33. The lowest BCUT2D eigenvalue weighted by Crippen LogP contribution is -2.48. The molecule has 4 amide bonds. The third kappa shape index (κ3) is 7.64. The van der Waals surface area contributed by atoms with Crippen molar-refractivity contribution in [2.45, 2.75) is 58.7 Å². The van der Waals surface area contributed by atoms with Gasteiger partial charge in [0.1, 0.15) is 16.9 Å². The van der Waals surface area contributed by atoms with Gasteiger partial charge in [-0.15, -0.1) is 4.90 Å². The number of hydrogen-bond acceptors (Lipinski definition) is 11. The van der Waals surface area contributed by atoms with Gasteiger partial charge in [-0.1, -0.05) is 12.1 Å². The number of aromatic nitrogens is 2. The molecule has 0 spiro atoms. The van der Waals surface area contributed by atoms with E-state index < -0.39 is 47.3 Å². The number of ether oxygens (including phenoxy) is 3. The number of amides is 4. The molecule has 1 aromatic carbocycles. The molecule has 0 unspecified atom stereocenters. The van der Waals surface area contributed by atoms with E-state index in [1.807, 2.05) is 12.1 Å². The first-order chi connectivity index (χ1) is 20.5. The largest absolute Gasteiger partial charge is 0.464 e. The predicted octanol–water partition coefficient (Wildman–Crippen LogP) is 4.76. The number of carboxylic acid groups (broad SMARTS) is 2. The number of anilines is 4. The maximum absolute atomic E-state index is 13.1. The van der Waals surface area contributed by atoms with Crippen LogP contribution in [0, 0.1) is 0 Å². The van der Waals surface area contributed by atoms with E-state index >= 15 is 0 Å². The first kappa shape index (κ1) is 32.3. The zero-order chi connectivity index (χ0) is 32.4. The van der Waals surface area contributed by atoms with E-state index in [9.17, 15) is 29.4 Å². The topological polar surface area (TPSA) is 175 Å². The minimum absolute atomic E-state index is 0.136. The standard InChI is InChI=1S/C29H38N6O9/c1-28(2,3)43-26(40)34(24(36)37)22-21(15-30-23(31-22)35(25(38)39)27(41)44-29(4,5)6)33-12-10-32(11-13-33)20-9-7-8-18(14-20)19-16-42-17-19/h7-9,14-15,19H,10-13,16-17H2,1-6H3,(H,36,37)(H,38,39). The van der Waals surface area contributed by atoms with Crippen LogP contribution in [0.1, 0.15) is 53.0 Å². The summed E-state index contributed by atoms with van der Waals surface area (Å²) in [4.78, 5) is 63.1. The fourth-order valence-electron chi connectivity index (χ4n) is 4.58. The summed E-state index contributed by atoms with van der Waals surface area (Å²) in [6.07, 6.45) is -4.86. The molecule has 44 heavy (non-hydrogen) atoms. The van der Waals surface area contributed by atoms with Gasteiger partial charge in [0.2, 0.25) is 5.95 Å². The Bertz CT molecular complexity index is 1410. The Morgan fingerprint density at radius 2 is 1.41 bits per heavy atom. The van der Waals surface area contributed by atoms with E-state index in [-0.39, 0.29) is 15.5 Å². The van der Waals surface area contributed by atoms with Crippen molar-refractivity contribution < 1.29 is 43.6 Å². The van der Waals surface area contributed by atoms with Crippen molar-refractivity contribution in [1.82, 2.24) is 9.97 Å². The van der Waals surface area contributed by atoms with Gasteiger partial charge in [-0.2, -0.15) is 9.88 Å². The van der Waals surface area contributed by atoms with E-state index in [4.69, 9.17) is 14.2 Å². The van der Waals surface area contributed by atoms with Crippen molar-refractivity contribution in [2.24, 2.45) is 0 Å². The van der Waals surface area contributed by atoms with E-state index in [1.165, 1.54) is 11.8 Å². The van der Waals surface area contributed by atoms with Crippen LogP contribution in [0.4, 0.5) is 42.3 Å². The van der Waals surface area contributed by atoms with Crippen LogP contribution >= 0.6 is 0 Å². The van der Waals surface area contributed by atoms with Gasteiger partial charge in [0.25, 0.3) is 0 Å². The lowest BCUT2D eigenvalue weighted by molar-refractivity contribution is 0.00843. The number of carbonyl (C=O) groups excluding carboxylic acids is 2. The van der Waals surface area contributed by atoms with Gasteiger partial charge in [-0.3, -0.25) is 0 Å². The molecular weight excluding hydrogens is 576 g/mol. The van der Waals surface area contributed by atoms with Gasteiger partial charge in [-0.25, -0.2) is 24.2 Å². The second-order valence-electron chi connectivity index (χ2n) is 12.4. The van der Waals surface area contributed by atoms with Crippen molar-refractivity contribution in [3.63, 3.8) is 0 Å². The molecular formula is C29H38N6O9. The molecule has 2 aliphatic rings. The van der Waals surface area contributed by atoms with E-state index in [0.29, 0.717) is 45.3 Å². The highest BCUT2D eigenvalue weighted by atomic mass is 16.6. The van der Waals surface area contributed by atoms with Gasteiger partial charge < -0.3 is 34.2 Å². The highest BCUT2D eigenvalue weighted by molar-refractivity contribution is 6.11. The molecule has 1 aromatic heterocycles. The number of nitrogens with zero attached hydrogens (tertiary/aromatic N) is 6. The molecule has 2 aliphatic heterocycles. The van der Waals surface area contributed by atoms with Crippen molar-refractivity contribution in [3.05, 3.63) is 36.0 Å². The normalized spacial score (nSPS) is 15.7. The minimum Gasteiger partial charge on any atom is -0.464 e. The van der Waals surface area contributed by atoms with Crippen LogP contribution in [-0.2, 0) is 14.2 Å². The average molecular weight is 615 g/mol. The van der Waals surface area contributed by atoms with Crippen LogP contribution in [0.2, 0.25) is 0 Å². The molecule has 0 aliphatic carbocycles. The molecule has 0 saturated carbocycles. The molecule has 4 rings (SSSR count). The zero-order valence-electron chi connectivity index (χ0n) is 25.6. The van der Waals surface area contributed by atoms with Gasteiger partial charge in [0.15, 0.2) is 5.82 Å². The Morgan fingerprint density at radius 3 is 1.91 bits per heavy atom. The second kappa shape index (κ2) is 12.5. The van der Waals surface area contributed by atoms with Crippen molar-refractivity contribution >= 4 is 47.5 Å². The Hall–Kier alpha value is -4.66. The Morgan fingerprint density at radius 1 is 0.864 bits per heavy atom. The van der Waals surface area contributed by atoms with E-state index in [2.05, 4.69) is 27.0 Å². The maximum atomic E-state index is 13.1. The molecule has 0 atom stereocenters. The number of piperazine rings is 1. The number of benzene rings is 1. The lowest BCUT2D eigenvalue weighted by atomic mass is 9.97. The van der Waals surface area contributed by atoms with Crippen molar-refractivity contribution in [2.75, 3.05) is 59.0 Å². The summed E-state index contributed by atoms with van der Waals surface area (Å²) in [7, 11) is 0. The monoisotopic (exact) mass is 614 g/mol. The molecule has 15 nitrogen and oxygen atoms in total. The summed E-state index contributed by atoms with van der Waals surface area (Å²) < 4.78 is 15.8. The van der Waals surface area contributed by atoms with Crippen LogP contribution in [0.25, 0.3) is 0 Å². The molecule has 0 bridgehead atoms. The molecule has 2 fully saturated rings. The fraction of sp³-hybridized carbons (Fsp3) is 0.517. The molecule has 2 aromatic rings. The first-order valence-corrected chi connectivity index (χ1v) is 14.1. The smallest absolute Gasteiger partial charge is 0.427 e. The van der Waals surface area contributed by atoms with Crippen LogP contribution in [0.5, 0.6) is 0 Å². The Balaban J connectivity index is 1.68. The maximum Gasteiger partial charge on any atom is 0.427 e. The third-order valence-electron chi connectivity index (χ3n) is 6.65. The molecule has 2 saturated heterocycles. The van der Waals surface area contributed by atoms with Crippen molar-refractivity contribution in [1.29, 1.82) is 0 Å². The fourth-order valence-corrected chi connectivity index (χ4v) is 4.58. The number of imide groups is 2. The van der Waals surface area contributed by atoms with Gasteiger partial charge in [0, 0.05) is 37.8 Å². The SMILES string of the molecule is CC(C)(C)OC(=O)N(C(=O)O)c1ncc(N2CCN(c3cccc(C4COC4)c3)CC2)c(N(C(=O)O)C(=O)OC(C)(C)C)n1. The average Bonchev–Trinajstić information content (AvgIpc) is 2.86. The Kier molecular flexibility index (Phi) is 9.18. The van der Waals surface area contributed by atoms with Crippen molar-refractivity contribution in [3.8, 4) is 0 Å². The molecule has 238 valence electrons. The minimum atomic E-state index is -1.76. The summed E-state index contributed by atoms with van der Waals surface area (Å²) in [5, 5.41) is 19.9. The number of hydrogen-bond donors (Lipinski definition) is 2. The lowest BCUT2D eigenvalue weighted by Gasteiger charge is -2.38. The molecule has 3 heterocycles. The van der Waals surface area contributed by atoms with Gasteiger partial charge in [-0.05, 0) is 59.2 Å². The summed E-state index contributed by atoms with van der Waals surface area (Å²) in [5.74, 6) is -0.793. The molecule has 15 heteroatoms. The zero-order valence-corrected chi connectivity index (χ0v) is 25.6. The summed E-state index contributed by atoms with van der Waals surface area (Å²) >= 11 is 0.